The molecule has 0 heterocycles. The number of hydrogen-bond acceptors (Lipinski definition) is 6. The Morgan fingerprint density at radius 1 is 0.667 bits per heavy atom. The average molecular weight is 495 g/mol. The molecule has 2 atom stereocenters. The first kappa shape index (κ1) is 29.5. The summed E-state index contributed by atoms with van der Waals surface area (Å²) in [4.78, 5) is 14.1. The molecule has 0 aliphatic heterocycles. The van der Waals surface area contributed by atoms with Crippen LogP contribution in [-0.4, -0.2) is 70.7 Å². The topological polar surface area (TPSA) is 71.7 Å². The maximum atomic E-state index is 10.6. The summed E-state index contributed by atoms with van der Waals surface area (Å²) < 4.78 is 0. The van der Waals surface area contributed by atoms with E-state index in [1.807, 2.05) is 52.0 Å². The third kappa shape index (κ3) is 8.17. The number of rotatable bonds is 13. The van der Waals surface area contributed by atoms with Crippen LogP contribution in [0.25, 0.3) is 0 Å². The van der Waals surface area contributed by atoms with Crippen LogP contribution in [0.4, 0.5) is 0 Å². The smallest absolute Gasteiger partial charge is 0.127 e. The van der Waals surface area contributed by atoms with E-state index in [2.05, 4.69) is 37.5 Å². The molecule has 36 heavy (non-hydrogen) atoms. The Balaban J connectivity index is 2.18. The minimum atomic E-state index is -0.0884. The van der Waals surface area contributed by atoms with E-state index in [0.29, 0.717) is 0 Å². The van der Waals surface area contributed by atoms with Crippen LogP contribution in [0.3, 0.4) is 0 Å². The van der Waals surface area contributed by atoms with Crippen molar-refractivity contribution in [3.63, 3.8) is 0 Å². The molecule has 2 aromatic rings. The minimum absolute atomic E-state index is 0.0884. The monoisotopic (exact) mass is 494 g/mol. The zero-order valence-corrected chi connectivity index (χ0v) is 23.5. The van der Waals surface area contributed by atoms with Gasteiger partial charge in [-0.25, -0.2) is 0 Å². The van der Waals surface area contributed by atoms with E-state index >= 15 is 0 Å². The van der Waals surface area contributed by atoms with Gasteiger partial charge in [0.15, 0.2) is 0 Å². The first-order valence-electron chi connectivity index (χ1n) is 13.3. The number of hydrogen-bond donors (Lipinski definition) is 2. The Bertz CT molecular complexity index is 956. The molecule has 0 unspecified atom stereocenters. The molecule has 0 bridgehead atoms. The van der Waals surface area contributed by atoms with Crippen LogP contribution in [0.15, 0.2) is 34.3 Å². The average Bonchev–Trinajstić information content (AvgIpc) is 2.87. The fraction of sp³-hybridized carbons (Fsp3) is 0.533. The van der Waals surface area contributed by atoms with Gasteiger partial charge in [-0.3, -0.25) is 19.8 Å². The molecule has 0 amide bonds. The lowest BCUT2D eigenvalue weighted by molar-refractivity contribution is 0.295. The number of aromatic hydroxyl groups is 2. The fourth-order valence-corrected chi connectivity index (χ4v) is 4.20. The molecule has 198 valence electrons. The zero-order valence-electron chi connectivity index (χ0n) is 23.5. The molecule has 0 saturated carbocycles. The van der Waals surface area contributed by atoms with Gasteiger partial charge in [0.25, 0.3) is 0 Å². The van der Waals surface area contributed by atoms with Gasteiger partial charge in [-0.15, -0.1) is 0 Å². The third-order valence-corrected chi connectivity index (χ3v) is 6.98. The standard InChI is InChI=1S/C30H46N4O2/c1-9-33(10-2)19-25-13-21(5)29(35)27(15-25)17-31-23(7)24(8)32-18-28-16-26(14-22(6)30(28)36)20-34(11-3)12-4/h13-18,23-24,35-36H,9-12,19-20H2,1-8H3/b31-17+,32-18+/t23-,24-/m1/s1. The van der Waals surface area contributed by atoms with Crippen molar-refractivity contribution in [2.45, 2.75) is 80.6 Å². The van der Waals surface area contributed by atoms with E-state index in [0.717, 1.165) is 61.5 Å². The van der Waals surface area contributed by atoms with Gasteiger partial charge in [0.05, 0.1) is 12.1 Å². The van der Waals surface area contributed by atoms with Crippen molar-refractivity contribution in [3.05, 3.63) is 57.6 Å². The molecular weight excluding hydrogens is 448 g/mol. The Labute approximate surface area is 218 Å². The number of benzene rings is 2. The van der Waals surface area contributed by atoms with Crippen molar-refractivity contribution in [1.29, 1.82) is 0 Å². The molecule has 0 radical (unpaired) electrons. The number of phenols is 2. The van der Waals surface area contributed by atoms with Crippen LogP contribution in [0.5, 0.6) is 11.5 Å². The van der Waals surface area contributed by atoms with Gasteiger partial charge in [-0.1, -0.05) is 39.8 Å². The second-order valence-corrected chi connectivity index (χ2v) is 9.66. The number of aryl methyl sites for hydroxylation is 2. The Morgan fingerprint density at radius 2 is 1.00 bits per heavy atom. The Morgan fingerprint density at radius 3 is 1.31 bits per heavy atom. The highest BCUT2D eigenvalue weighted by atomic mass is 16.3. The highest BCUT2D eigenvalue weighted by molar-refractivity contribution is 5.85. The van der Waals surface area contributed by atoms with Gasteiger partial charge in [-0.2, -0.15) is 0 Å². The van der Waals surface area contributed by atoms with E-state index < -0.39 is 0 Å². The van der Waals surface area contributed by atoms with Gasteiger partial charge >= 0.3 is 0 Å². The largest absolute Gasteiger partial charge is 0.507 e. The van der Waals surface area contributed by atoms with E-state index in [4.69, 9.17) is 9.98 Å². The van der Waals surface area contributed by atoms with Gasteiger partial charge in [-0.05, 0) is 88.3 Å². The molecule has 6 heteroatoms. The molecule has 2 N–H and O–H groups in total. The summed E-state index contributed by atoms with van der Waals surface area (Å²) >= 11 is 0. The summed E-state index contributed by atoms with van der Waals surface area (Å²) in [6.45, 7) is 22.2. The quantitative estimate of drug-likeness (QED) is 0.350. The van der Waals surface area contributed by atoms with Gasteiger partial charge in [0, 0.05) is 36.6 Å². The maximum absolute atomic E-state index is 10.6. The molecule has 0 aromatic heterocycles. The van der Waals surface area contributed by atoms with Gasteiger partial charge < -0.3 is 10.2 Å². The first-order valence-corrected chi connectivity index (χ1v) is 13.3. The second-order valence-electron chi connectivity index (χ2n) is 9.66. The summed E-state index contributed by atoms with van der Waals surface area (Å²) in [5.74, 6) is 0.548. The first-order chi connectivity index (χ1) is 17.1. The SMILES string of the molecule is CCN(CC)Cc1cc(C)c(O)c(/C=N/[C@H](C)[C@@H](C)/N=C/c2cc(CN(CC)CC)cc(C)c2O)c1. The van der Waals surface area contributed by atoms with Crippen LogP contribution in [0.1, 0.15) is 74.9 Å². The van der Waals surface area contributed by atoms with E-state index in [1.54, 1.807) is 12.4 Å². The minimum Gasteiger partial charge on any atom is -0.507 e. The molecule has 2 aromatic carbocycles. The normalized spacial score (nSPS) is 13.9. The van der Waals surface area contributed by atoms with Gasteiger partial charge in [0.1, 0.15) is 11.5 Å². The van der Waals surface area contributed by atoms with Crippen LogP contribution >= 0.6 is 0 Å². The number of phenolic OH excluding ortho intramolecular Hbond substituents is 2. The van der Waals surface area contributed by atoms with E-state index in [-0.39, 0.29) is 23.6 Å². The van der Waals surface area contributed by atoms with Crippen molar-refractivity contribution >= 4 is 12.4 Å². The second kappa shape index (κ2) is 14.1. The molecular formula is C30H46N4O2. The predicted octanol–water partition coefficient (Wildman–Crippen LogP) is 5.71. The van der Waals surface area contributed by atoms with Gasteiger partial charge in [0.2, 0.25) is 0 Å². The Hall–Kier alpha value is -2.70. The van der Waals surface area contributed by atoms with Crippen LogP contribution < -0.4 is 0 Å². The zero-order chi connectivity index (χ0) is 26.8. The number of nitrogens with zero attached hydrogens (tertiary/aromatic N) is 4. The fourth-order valence-electron chi connectivity index (χ4n) is 4.20. The molecule has 0 aliphatic carbocycles. The summed E-state index contributed by atoms with van der Waals surface area (Å²) in [6, 6.07) is 7.96. The third-order valence-electron chi connectivity index (χ3n) is 6.98. The summed E-state index contributed by atoms with van der Waals surface area (Å²) in [6.07, 6.45) is 3.52. The van der Waals surface area contributed by atoms with Crippen LogP contribution in [0.2, 0.25) is 0 Å². The number of aliphatic imine (C=N–C) groups is 2. The van der Waals surface area contributed by atoms with Crippen molar-refractivity contribution in [2.24, 2.45) is 9.98 Å². The highest BCUT2D eigenvalue weighted by Crippen LogP contribution is 2.25. The highest BCUT2D eigenvalue weighted by Gasteiger charge is 2.13. The van der Waals surface area contributed by atoms with Crippen molar-refractivity contribution < 1.29 is 10.2 Å². The lowest BCUT2D eigenvalue weighted by Gasteiger charge is -2.19. The van der Waals surface area contributed by atoms with E-state index in [9.17, 15) is 10.2 Å². The molecule has 2 rings (SSSR count). The molecule has 0 spiro atoms. The van der Waals surface area contributed by atoms with Crippen molar-refractivity contribution in [3.8, 4) is 11.5 Å². The molecule has 0 fully saturated rings. The summed E-state index contributed by atoms with van der Waals surface area (Å²) in [5, 5.41) is 21.2. The lowest BCUT2D eigenvalue weighted by atomic mass is 10.0. The van der Waals surface area contributed by atoms with Crippen molar-refractivity contribution in [2.75, 3.05) is 26.2 Å². The van der Waals surface area contributed by atoms with E-state index in [1.165, 1.54) is 11.1 Å². The van der Waals surface area contributed by atoms with Crippen LogP contribution in [-0.2, 0) is 13.1 Å². The Kier molecular flexibility index (Phi) is 11.6. The maximum Gasteiger partial charge on any atom is 0.127 e. The molecule has 6 nitrogen and oxygen atoms in total. The molecule has 0 saturated heterocycles. The summed E-state index contributed by atoms with van der Waals surface area (Å²) in [5.41, 5.74) is 5.52. The molecule has 0 aliphatic rings. The summed E-state index contributed by atoms with van der Waals surface area (Å²) in [7, 11) is 0. The van der Waals surface area contributed by atoms with Crippen molar-refractivity contribution in [1.82, 2.24) is 9.80 Å². The predicted molar refractivity (Wildman–Crippen MR) is 153 cm³/mol. The van der Waals surface area contributed by atoms with Crippen LogP contribution in [0, 0.1) is 13.8 Å². The lowest BCUT2D eigenvalue weighted by Crippen LogP contribution is -2.22.